The zero-order valence-corrected chi connectivity index (χ0v) is 21.6. The van der Waals surface area contributed by atoms with Crippen LogP contribution in [-0.2, 0) is 0 Å². The summed E-state index contributed by atoms with van der Waals surface area (Å²) in [4.78, 5) is 18.6. The molecular weight excluding hydrogens is 529 g/mol. The maximum atomic E-state index is 13.4. The molecule has 0 unspecified atom stereocenters. The molecule has 2 saturated carbocycles. The first kappa shape index (κ1) is 25.5. The van der Waals surface area contributed by atoms with Crippen molar-refractivity contribution in [3.63, 3.8) is 0 Å². The Morgan fingerprint density at radius 1 is 0.974 bits per heavy atom. The van der Waals surface area contributed by atoms with Crippen molar-refractivity contribution >= 4 is 28.4 Å². The van der Waals surface area contributed by atoms with Crippen LogP contribution in [0.25, 0.3) is 28.2 Å². The minimum absolute atomic E-state index is 0.266. The van der Waals surface area contributed by atoms with Crippen LogP contribution in [0.3, 0.4) is 0 Å². The molecule has 4 aromatic rings. The summed E-state index contributed by atoms with van der Waals surface area (Å²) in [5.74, 6) is 2.12. The number of nitrogens with zero attached hydrogens (tertiary/aromatic N) is 2. The predicted octanol–water partition coefficient (Wildman–Crippen LogP) is 7.07. The van der Waals surface area contributed by atoms with E-state index in [0.29, 0.717) is 52.8 Å². The summed E-state index contributed by atoms with van der Waals surface area (Å²) in [5, 5.41) is 1.76. The second kappa shape index (κ2) is 10.4. The molecule has 2 aromatic heterocycles. The number of aromatic nitrogens is 2. The summed E-state index contributed by atoms with van der Waals surface area (Å²) in [6.45, 7) is 1.27. The molecule has 0 saturated heterocycles. The monoisotopic (exact) mass is 554 g/mol. The lowest BCUT2D eigenvalue weighted by molar-refractivity contribution is -0.274. The van der Waals surface area contributed by atoms with Gasteiger partial charge in [-0.2, -0.15) is 0 Å². The van der Waals surface area contributed by atoms with Crippen LogP contribution in [0.5, 0.6) is 17.2 Å². The number of alkyl halides is 3. The highest BCUT2D eigenvalue weighted by Gasteiger charge is 2.31. The molecule has 0 atom stereocenters. The average Bonchev–Trinajstić information content (AvgIpc) is 3.84. The van der Waals surface area contributed by atoms with Crippen molar-refractivity contribution in [1.82, 2.24) is 9.38 Å². The summed E-state index contributed by atoms with van der Waals surface area (Å²) in [6, 6.07) is 10.9. The first-order valence-corrected chi connectivity index (χ1v) is 13.6. The molecule has 2 aromatic carbocycles. The molecule has 0 aliphatic heterocycles. The second-order valence-electron chi connectivity index (χ2n) is 9.82. The average molecular weight is 555 g/mol. The fraction of sp³-hybridized carbons (Fsp3) is 0.310. The summed E-state index contributed by atoms with van der Waals surface area (Å²) in [7, 11) is 0. The maximum Gasteiger partial charge on any atom is 0.573 e. The normalized spacial score (nSPS) is 15.7. The van der Waals surface area contributed by atoms with Gasteiger partial charge in [0.1, 0.15) is 5.75 Å². The van der Waals surface area contributed by atoms with E-state index in [1.165, 1.54) is 52.8 Å². The van der Waals surface area contributed by atoms with Crippen molar-refractivity contribution < 1.29 is 27.4 Å². The molecule has 0 N–H and O–H groups in total. The van der Waals surface area contributed by atoms with E-state index in [1.807, 2.05) is 24.3 Å². The minimum Gasteiger partial charge on any atom is -0.489 e. The number of fused-ring (bicyclic) bond motifs is 1. The fourth-order valence-electron chi connectivity index (χ4n) is 4.19. The SMILES string of the molecule is O=c1c(-c2ccc(OC(F)(F)F)cc2)c(C=Cc2cccc(OCC3CC3)c2OCC2CC2)nc2sccn12. The molecular formula is C29H25F3N2O4S. The fourth-order valence-corrected chi connectivity index (χ4v) is 4.90. The molecule has 2 fully saturated rings. The van der Waals surface area contributed by atoms with Crippen molar-refractivity contribution in [2.45, 2.75) is 32.0 Å². The highest BCUT2D eigenvalue weighted by atomic mass is 32.1. The first-order chi connectivity index (χ1) is 18.8. The second-order valence-corrected chi connectivity index (χ2v) is 10.7. The maximum absolute atomic E-state index is 13.4. The molecule has 2 aliphatic rings. The van der Waals surface area contributed by atoms with E-state index in [-0.39, 0.29) is 16.9 Å². The third kappa shape index (κ3) is 6.11. The van der Waals surface area contributed by atoms with Gasteiger partial charge in [-0.05, 0) is 73.4 Å². The molecule has 0 bridgehead atoms. The van der Waals surface area contributed by atoms with Crippen LogP contribution in [-0.4, -0.2) is 29.0 Å². The van der Waals surface area contributed by atoms with Gasteiger partial charge < -0.3 is 14.2 Å². The Labute approximate surface area is 226 Å². The topological polar surface area (TPSA) is 62.1 Å². The Bertz CT molecular complexity index is 1570. The lowest BCUT2D eigenvalue weighted by Crippen LogP contribution is -2.18. The van der Waals surface area contributed by atoms with E-state index in [0.717, 1.165) is 18.4 Å². The van der Waals surface area contributed by atoms with Crippen LogP contribution in [0, 0.1) is 11.8 Å². The smallest absolute Gasteiger partial charge is 0.489 e. The zero-order valence-electron chi connectivity index (χ0n) is 20.8. The molecule has 6 rings (SSSR count). The predicted molar refractivity (Wildman–Crippen MR) is 143 cm³/mol. The molecule has 2 heterocycles. The molecule has 0 amide bonds. The van der Waals surface area contributed by atoms with Gasteiger partial charge in [0, 0.05) is 17.1 Å². The number of halogens is 3. The summed E-state index contributed by atoms with van der Waals surface area (Å²) < 4.78 is 55.6. The number of ether oxygens (including phenoxy) is 3. The molecule has 0 radical (unpaired) electrons. The number of hydrogen-bond acceptors (Lipinski definition) is 6. The third-order valence-electron chi connectivity index (χ3n) is 6.63. The Kier molecular flexibility index (Phi) is 6.80. The van der Waals surface area contributed by atoms with Gasteiger partial charge in [0.15, 0.2) is 16.5 Å². The Balaban J connectivity index is 1.37. The Hall–Kier alpha value is -3.79. The van der Waals surface area contributed by atoms with Gasteiger partial charge in [-0.15, -0.1) is 24.5 Å². The number of thiazole rings is 1. The minimum atomic E-state index is -4.80. The van der Waals surface area contributed by atoms with Crippen molar-refractivity contribution in [3.8, 4) is 28.4 Å². The van der Waals surface area contributed by atoms with Crippen LogP contribution >= 0.6 is 11.3 Å². The van der Waals surface area contributed by atoms with Gasteiger partial charge in [-0.3, -0.25) is 9.20 Å². The molecule has 6 nitrogen and oxygen atoms in total. The lowest BCUT2D eigenvalue weighted by Gasteiger charge is -2.15. The summed E-state index contributed by atoms with van der Waals surface area (Å²) in [6.07, 6.45) is 5.05. The molecule has 39 heavy (non-hydrogen) atoms. The van der Waals surface area contributed by atoms with E-state index in [2.05, 4.69) is 9.72 Å². The lowest BCUT2D eigenvalue weighted by atomic mass is 10.0. The van der Waals surface area contributed by atoms with E-state index < -0.39 is 6.36 Å². The largest absolute Gasteiger partial charge is 0.573 e. The summed E-state index contributed by atoms with van der Waals surface area (Å²) >= 11 is 1.32. The molecule has 0 spiro atoms. The van der Waals surface area contributed by atoms with Crippen molar-refractivity contribution in [2.24, 2.45) is 11.8 Å². The van der Waals surface area contributed by atoms with Gasteiger partial charge in [0.25, 0.3) is 5.56 Å². The number of benzene rings is 2. The number of para-hydroxylation sites is 1. The van der Waals surface area contributed by atoms with Crippen molar-refractivity contribution in [2.75, 3.05) is 13.2 Å². The number of rotatable bonds is 10. The number of hydrogen-bond donors (Lipinski definition) is 0. The van der Waals surface area contributed by atoms with Crippen molar-refractivity contribution in [3.05, 3.63) is 75.7 Å². The van der Waals surface area contributed by atoms with Crippen molar-refractivity contribution in [1.29, 1.82) is 0 Å². The van der Waals surface area contributed by atoms with Crippen LogP contribution < -0.4 is 19.8 Å². The van der Waals surface area contributed by atoms with Gasteiger partial charge in [-0.25, -0.2) is 4.98 Å². The van der Waals surface area contributed by atoms with E-state index >= 15 is 0 Å². The Morgan fingerprint density at radius 3 is 2.38 bits per heavy atom. The standard InChI is InChI=1S/C29H25F3N2O4S/c30-29(31,32)38-22-11-8-20(9-12-22)25-23(33-28-34(27(25)35)14-15-39-28)13-10-21-2-1-3-24(36-16-18-4-5-18)26(21)37-17-19-6-7-19/h1-3,8-15,18-19H,4-7,16-17H2. The molecule has 2 aliphatic carbocycles. The van der Waals surface area contributed by atoms with Crippen LogP contribution in [0.1, 0.15) is 36.9 Å². The van der Waals surface area contributed by atoms with Crippen LogP contribution in [0.4, 0.5) is 13.2 Å². The molecule has 10 heteroatoms. The van der Waals surface area contributed by atoms with Gasteiger partial charge in [0.2, 0.25) is 0 Å². The molecule has 202 valence electrons. The Morgan fingerprint density at radius 2 is 1.69 bits per heavy atom. The zero-order chi connectivity index (χ0) is 27.0. The highest BCUT2D eigenvalue weighted by Crippen LogP contribution is 2.38. The van der Waals surface area contributed by atoms with Gasteiger partial charge >= 0.3 is 6.36 Å². The van der Waals surface area contributed by atoms with Gasteiger partial charge in [0.05, 0.1) is 24.5 Å². The van der Waals surface area contributed by atoms with Crippen LogP contribution in [0.2, 0.25) is 0 Å². The summed E-state index contributed by atoms with van der Waals surface area (Å²) in [5.41, 5.74) is 1.55. The van der Waals surface area contributed by atoms with Gasteiger partial charge in [-0.1, -0.05) is 24.3 Å². The quantitative estimate of drug-likeness (QED) is 0.210. The first-order valence-electron chi connectivity index (χ1n) is 12.8. The van der Waals surface area contributed by atoms with E-state index in [9.17, 15) is 18.0 Å². The third-order valence-corrected chi connectivity index (χ3v) is 7.39. The van der Waals surface area contributed by atoms with Crippen LogP contribution in [0.15, 0.2) is 58.8 Å². The van der Waals surface area contributed by atoms with E-state index in [1.54, 1.807) is 17.7 Å². The highest BCUT2D eigenvalue weighted by molar-refractivity contribution is 7.15. The van der Waals surface area contributed by atoms with E-state index in [4.69, 9.17) is 9.47 Å².